The van der Waals surface area contributed by atoms with Crippen LogP contribution in [0.3, 0.4) is 0 Å². The lowest BCUT2D eigenvalue weighted by molar-refractivity contribution is -0.0386. The van der Waals surface area contributed by atoms with Crippen LogP contribution in [-0.2, 0) is 0 Å². The van der Waals surface area contributed by atoms with Crippen molar-refractivity contribution < 1.29 is 10.2 Å². The molecule has 0 heterocycles. The molecule has 0 saturated heterocycles. The Morgan fingerprint density at radius 1 is 0.846 bits per heavy atom. The quantitative estimate of drug-likeness (QED) is 0.690. The summed E-state index contributed by atoms with van der Waals surface area (Å²) >= 11 is 0. The predicted molar refractivity (Wildman–Crippen MR) is 53.4 cm³/mol. The van der Waals surface area contributed by atoms with E-state index in [1.54, 1.807) is 0 Å². The van der Waals surface area contributed by atoms with Crippen LogP contribution in [0, 0.1) is 16.2 Å². The van der Waals surface area contributed by atoms with Crippen molar-refractivity contribution in [1.29, 1.82) is 0 Å². The molecule has 0 aromatic carbocycles. The average molecular weight is 186 g/mol. The Balaban J connectivity index is 3.02. The zero-order chi connectivity index (χ0) is 10.3. The van der Waals surface area contributed by atoms with Crippen LogP contribution in [0.15, 0.2) is 0 Å². The Morgan fingerprint density at radius 3 is 1.31 bits per heavy atom. The Hall–Kier alpha value is -0.0800. The molecule has 78 valence electrons. The van der Waals surface area contributed by atoms with E-state index >= 15 is 0 Å². The van der Waals surface area contributed by atoms with E-state index < -0.39 is 0 Å². The van der Waals surface area contributed by atoms with Crippen molar-refractivity contribution in [2.45, 2.75) is 40.5 Å². The number of hydrogen-bond acceptors (Lipinski definition) is 2. The van der Waals surface area contributed by atoms with Crippen LogP contribution in [0.4, 0.5) is 0 Å². The molecule has 1 saturated carbocycles. The molecule has 1 aliphatic carbocycles. The van der Waals surface area contributed by atoms with Gasteiger partial charge in [0.2, 0.25) is 0 Å². The Labute approximate surface area is 81.0 Å². The van der Waals surface area contributed by atoms with Gasteiger partial charge in [0.1, 0.15) is 0 Å². The van der Waals surface area contributed by atoms with Gasteiger partial charge >= 0.3 is 0 Å². The molecule has 0 amide bonds. The van der Waals surface area contributed by atoms with Crippen molar-refractivity contribution in [3.05, 3.63) is 0 Å². The third kappa shape index (κ3) is 1.23. The van der Waals surface area contributed by atoms with Gasteiger partial charge in [0.05, 0.1) is 0 Å². The summed E-state index contributed by atoms with van der Waals surface area (Å²) in [5, 5.41) is 18.8. The summed E-state index contributed by atoms with van der Waals surface area (Å²) in [6, 6.07) is 0. The first kappa shape index (κ1) is 11.0. The maximum atomic E-state index is 9.41. The summed E-state index contributed by atoms with van der Waals surface area (Å²) in [5.41, 5.74) is -0.0710. The second-order valence-electron chi connectivity index (χ2n) is 5.56. The molecule has 13 heavy (non-hydrogen) atoms. The maximum absolute atomic E-state index is 9.41. The van der Waals surface area contributed by atoms with E-state index in [9.17, 15) is 10.2 Å². The topological polar surface area (TPSA) is 40.5 Å². The van der Waals surface area contributed by atoms with Crippen LogP contribution < -0.4 is 0 Å². The van der Waals surface area contributed by atoms with Gasteiger partial charge in [-0.2, -0.15) is 0 Å². The summed E-state index contributed by atoms with van der Waals surface area (Å²) in [4.78, 5) is 0. The molecule has 2 heteroatoms. The highest BCUT2D eigenvalue weighted by molar-refractivity contribution is 5.06. The fourth-order valence-electron chi connectivity index (χ4n) is 2.46. The molecule has 0 bridgehead atoms. The molecule has 1 fully saturated rings. The molecule has 1 aliphatic rings. The number of aliphatic hydroxyl groups is 2. The molecule has 2 N–H and O–H groups in total. The van der Waals surface area contributed by atoms with Gasteiger partial charge in [0.25, 0.3) is 0 Å². The highest BCUT2D eigenvalue weighted by Gasteiger charge is 2.57. The highest BCUT2D eigenvalue weighted by Crippen LogP contribution is 2.61. The van der Waals surface area contributed by atoms with Gasteiger partial charge in [0.15, 0.2) is 0 Å². The van der Waals surface area contributed by atoms with Crippen molar-refractivity contribution in [1.82, 2.24) is 0 Å². The van der Waals surface area contributed by atoms with Crippen molar-refractivity contribution in [3.63, 3.8) is 0 Å². The molecular formula is C11H22O2. The average Bonchev–Trinajstić information content (AvgIpc) is 2.28. The second-order valence-corrected chi connectivity index (χ2v) is 5.56. The van der Waals surface area contributed by atoms with E-state index in [2.05, 4.69) is 27.7 Å². The molecule has 1 rings (SSSR count). The third-order valence-electron chi connectivity index (χ3n) is 4.94. The Morgan fingerprint density at radius 2 is 1.15 bits per heavy atom. The van der Waals surface area contributed by atoms with Crippen LogP contribution in [-0.4, -0.2) is 23.4 Å². The van der Waals surface area contributed by atoms with Crippen LogP contribution in [0.2, 0.25) is 0 Å². The Kier molecular flexibility index (Phi) is 2.50. The molecular weight excluding hydrogens is 164 g/mol. The maximum Gasteiger partial charge on any atom is 0.0490 e. The molecule has 2 atom stereocenters. The van der Waals surface area contributed by atoms with Crippen molar-refractivity contribution in [2.75, 3.05) is 13.2 Å². The minimum atomic E-state index is -0.0372. The van der Waals surface area contributed by atoms with Gasteiger partial charge in [0, 0.05) is 13.2 Å². The normalized spacial score (nSPS) is 43.8. The van der Waals surface area contributed by atoms with Gasteiger partial charge in [-0.3, -0.25) is 0 Å². The van der Waals surface area contributed by atoms with Gasteiger partial charge in [-0.15, -0.1) is 0 Å². The number of rotatable bonds is 2. The molecule has 0 aliphatic heterocycles. The van der Waals surface area contributed by atoms with E-state index in [1.165, 1.54) is 0 Å². The van der Waals surface area contributed by atoms with E-state index in [0.717, 1.165) is 12.8 Å². The number of aliphatic hydroxyl groups excluding tert-OH is 2. The first-order valence-corrected chi connectivity index (χ1v) is 5.05. The van der Waals surface area contributed by atoms with E-state index in [4.69, 9.17) is 0 Å². The highest BCUT2D eigenvalue weighted by atomic mass is 16.3. The third-order valence-corrected chi connectivity index (χ3v) is 4.94. The lowest BCUT2D eigenvalue weighted by Crippen LogP contribution is -2.44. The van der Waals surface area contributed by atoms with Crippen LogP contribution >= 0.6 is 0 Å². The minimum absolute atomic E-state index is 0.00347. The first-order valence-electron chi connectivity index (χ1n) is 5.05. The van der Waals surface area contributed by atoms with Gasteiger partial charge in [-0.1, -0.05) is 27.7 Å². The molecule has 0 aromatic rings. The smallest absolute Gasteiger partial charge is 0.0490 e. The van der Waals surface area contributed by atoms with Gasteiger partial charge < -0.3 is 10.2 Å². The van der Waals surface area contributed by atoms with Crippen LogP contribution in [0.1, 0.15) is 40.5 Å². The van der Waals surface area contributed by atoms with Crippen molar-refractivity contribution >= 4 is 0 Å². The van der Waals surface area contributed by atoms with Gasteiger partial charge in [-0.05, 0) is 29.1 Å². The summed E-state index contributed by atoms with van der Waals surface area (Å²) in [6.07, 6.45) is 2.02. The Bertz CT molecular complexity index is 180. The molecule has 0 radical (unpaired) electrons. The standard InChI is InChI=1S/C11H22O2/c1-9(2)10(3,7-12)5-6-11(9,4)8-13/h12-13H,5-8H2,1-4H3/t10-,11-/m1/s1. The van der Waals surface area contributed by atoms with E-state index in [1.807, 2.05) is 0 Å². The molecule has 0 unspecified atom stereocenters. The predicted octanol–water partition coefficient (Wildman–Crippen LogP) is 1.80. The summed E-state index contributed by atoms with van der Waals surface area (Å²) in [5.74, 6) is 0. The van der Waals surface area contributed by atoms with Crippen molar-refractivity contribution in [2.24, 2.45) is 16.2 Å². The van der Waals surface area contributed by atoms with E-state index in [0.29, 0.717) is 0 Å². The zero-order valence-electron chi connectivity index (χ0n) is 9.22. The van der Waals surface area contributed by atoms with E-state index in [-0.39, 0.29) is 29.5 Å². The summed E-state index contributed by atoms with van der Waals surface area (Å²) < 4.78 is 0. The fourth-order valence-corrected chi connectivity index (χ4v) is 2.46. The first-order chi connectivity index (χ1) is 5.83. The summed E-state index contributed by atoms with van der Waals surface area (Å²) in [6.45, 7) is 8.99. The lowest BCUT2D eigenvalue weighted by atomic mass is 9.60. The zero-order valence-corrected chi connectivity index (χ0v) is 9.22. The van der Waals surface area contributed by atoms with Gasteiger partial charge in [-0.25, -0.2) is 0 Å². The van der Waals surface area contributed by atoms with Crippen LogP contribution in [0.5, 0.6) is 0 Å². The molecule has 0 aromatic heterocycles. The lowest BCUT2D eigenvalue weighted by Gasteiger charge is -2.46. The monoisotopic (exact) mass is 186 g/mol. The van der Waals surface area contributed by atoms with Crippen molar-refractivity contribution in [3.8, 4) is 0 Å². The fraction of sp³-hybridized carbons (Fsp3) is 1.00. The summed E-state index contributed by atoms with van der Waals surface area (Å²) in [7, 11) is 0. The molecule has 0 spiro atoms. The largest absolute Gasteiger partial charge is 0.396 e. The molecule has 2 nitrogen and oxygen atoms in total. The second kappa shape index (κ2) is 2.96. The SMILES string of the molecule is CC1(C)[C@@](C)(CO)CC[C@]1(C)CO. The number of hydrogen-bond donors (Lipinski definition) is 2. The van der Waals surface area contributed by atoms with Crippen LogP contribution in [0.25, 0.3) is 0 Å². The minimum Gasteiger partial charge on any atom is -0.396 e.